The van der Waals surface area contributed by atoms with Crippen molar-refractivity contribution in [1.82, 2.24) is 4.98 Å². The van der Waals surface area contributed by atoms with E-state index < -0.39 is 20.2 Å². The molecule has 0 bridgehead atoms. The lowest BCUT2D eigenvalue weighted by Gasteiger charge is -2.14. The van der Waals surface area contributed by atoms with Gasteiger partial charge < -0.3 is 5.32 Å². The second-order valence-corrected chi connectivity index (χ2v) is 6.07. The predicted molar refractivity (Wildman–Crippen MR) is 71.2 cm³/mol. The van der Waals surface area contributed by atoms with E-state index in [9.17, 15) is 21.6 Å². The molecule has 0 spiro atoms. The van der Waals surface area contributed by atoms with Crippen molar-refractivity contribution in [3.63, 3.8) is 0 Å². The van der Waals surface area contributed by atoms with Gasteiger partial charge in [0.25, 0.3) is 9.84 Å². The molecule has 112 valence electrons. The van der Waals surface area contributed by atoms with Crippen molar-refractivity contribution >= 4 is 15.5 Å². The fourth-order valence-electron chi connectivity index (χ4n) is 1.67. The summed E-state index contributed by atoms with van der Waals surface area (Å²) < 4.78 is 60.9. The van der Waals surface area contributed by atoms with Gasteiger partial charge in [-0.15, -0.1) is 0 Å². The lowest BCUT2D eigenvalue weighted by molar-refractivity contribution is -0.0435. The van der Waals surface area contributed by atoms with Gasteiger partial charge >= 0.3 is 5.51 Å². The van der Waals surface area contributed by atoms with Gasteiger partial charge in [-0.3, -0.25) is 4.98 Å². The molecule has 0 unspecified atom stereocenters. The van der Waals surface area contributed by atoms with Crippen LogP contribution in [-0.4, -0.2) is 18.9 Å². The van der Waals surface area contributed by atoms with Crippen molar-refractivity contribution in [2.45, 2.75) is 16.9 Å². The maximum Gasteiger partial charge on any atom is 0.501 e. The number of nitrogens with one attached hydrogen (secondary N) is 1. The lowest BCUT2D eigenvalue weighted by Crippen LogP contribution is -2.24. The maximum atomic E-state index is 12.6. The van der Waals surface area contributed by atoms with E-state index in [1.165, 1.54) is 24.4 Å². The van der Waals surface area contributed by atoms with E-state index in [0.717, 1.165) is 11.6 Å². The molecule has 0 radical (unpaired) electrons. The average molecular weight is 316 g/mol. The van der Waals surface area contributed by atoms with Gasteiger partial charge in [0.2, 0.25) is 0 Å². The summed E-state index contributed by atoms with van der Waals surface area (Å²) in [6.07, 6.45) is 3.10. The second-order valence-electron chi connectivity index (χ2n) is 4.16. The molecular weight excluding hydrogens is 305 g/mol. The Morgan fingerprint density at radius 2 is 1.81 bits per heavy atom. The van der Waals surface area contributed by atoms with Crippen LogP contribution in [0.4, 0.5) is 18.9 Å². The van der Waals surface area contributed by atoms with E-state index in [1.54, 1.807) is 18.3 Å². The Hall–Kier alpha value is -2.09. The van der Waals surface area contributed by atoms with E-state index in [0.29, 0.717) is 0 Å². The summed E-state index contributed by atoms with van der Waals surface area (Å²) in [5.41, 5.74) is -4.71. The number of halogens is 3. The summed E-state index contributed by atoms with van der Waals surface area (Å²) in [6, 6.07) is 8.31. The number of sulfone groups is 1. The van der Waals surface area contributed by atoms with Gasteiger partial charge in [0, 0.05) is 18.9 Å². The number of benzene rings is 1. The van der Waals surface area contributed by atoms with E-state index in [1.807, 2.05) is 0 Å². The van der Waals surface area contributed by atoms with Gasteiger partial charge in [-0.25, -0.2) is 8.42 Å². The highest BCUT2D eigenvalue weighted by molar-refractivity contribution is 7.92. The Kier molecular flexibility index (Phi) is 4.17. The molecule has 8 heteroatoms. The minimum atomic E-state index is -5.39. The third-order valence-corrected chi connectivity index (χ3v) is 4.23. The molecular formula is C13H11F3N2O2S. The minimum absolute atomic E-state index is 0.0984. The van der Waals surface area contributed by atoms with Crippen molar-refractivity contribution < 1.29 is 21.6 Å². The number of hydrogen-bond donors (Lipinski definition) is 1. The van der Waals surface area contributed by atoms with Crippen LogP contribution in [0.1, 0.15) is 5.56 Å². The molecule has 0 fully saturated rings. The molecule has 4 nitrogen and oxygen atoms in total. The maximum absolute atomic E-state index is 12.6. The third-order valence-electron chi connectivity index (χ3n) is 2.69. The molecule has 2 aromatic rings. The van der Waals surface area contributed by atoms with Crippen LogP contribution < -0.4 is 5.32 Å². The molecule has 0 aliphatic heterocycles. The van der Waals surface area contributed by atoms with Crippen molar-refractivity contribution in [2.75, 3.05) is 5.32 Å². The quantitative estimate of drug-likeness (QED) is 0.942. The van der Waals surface area contributed by atoms with Gasteiger partial charge in [-0.05, 0) is 23.8 Å². The number of alkyl halides is 3. The molecule has 1 heterocycles. The summed E-state index contributed by atoms with van der Waals surface area (Å²) in [4.78, 5) is 3.08. The number of para-hydroxylation sites is 1. The highest BCUT2D eigenvalue weighted by atomic mass is 32.2. The Morgan fingerprint density at radius 3 is 2.43 bits per heavy atom. The Labute approximate surface area is 119 Å². The fraction of sp³-hybridized carbons (Fsp3) is 0.154. The molecule has 1 N–H and O–H groups in total. The molecule has 1 aromatic carbocycles. The molecule has 0 saturated carbocycles. The van der Waals surface area contributed by atoms with E-state index in [2.05, 4.69) is 10.3 Å². The molecule has 0 atom stereocenters. The zero-order valence-electron chi connectivity index (χ0n) is 10.6. The van der Waals surface area contributed by atoms with Crippen molar-refractivity contribution in [1.29, 1.82) is 0 Å². The van der Waals surface area contributed by atoms with Crippen molar-refractivity contribution in [2.24, 2.45) is 0 Å². The largest absolute Gasteiger partial charge is 0.501 e. The Morgan fingerprint density at radius 1 is 1.10 bits per heavy atom. The van der Waals surface area contributed by atoms with Crippen LogP contribution in [0, 0.1) is 0 Å². The third kappa shape index (κ3) is 3.33. The van der Waals surface area contributed by atoms with Gasteiger partial charge in [0.1, 0.15) is 0 Å². The highest BCUT2D eigenvalue weighted by Crippen LogP contribution is 2.34. The van der Waals surface area contributed by atoms with Crippen LogP contribution in [0.2, 0.25) is 0 Å². The first-order chi connectivity index (χ1) is 9.82. The molecule has 0 aliphatic carbocycles. The zero-order chi connectivity index (χ0) is 15.5. The summed E-state index contributed by atoms with van der Waals surface area (Å²) in [7, 11) is -5.39. The normalized spacial score (nSPS) is 12.1. The molecule has 2 rings (SSSR count). The van der Waals surface area contributed by atoms with Gasteiger partial charge in [-0.2, -0.15) is 13.2 Å². The smallest absolute Gasteiger partial charge is 0.380 e. The first-order valence-electron chi connectivity index (χ1n) is 5.85. The van der Waals surface area contributed by atoms with E-state index in [4.69, 9.17) is 0 Å². The van der Waals surface area contributed by atoms with Crippen molar-refractivity contribution in [3.8, 4) is 0 Å². The Balaban J connectivity index is 2.30. The number of nitrogens with zero attached hydrogens (tertiary/aromatic N) is 1. The van der Waals surface area contributed by atoms with Crippen LogP contribution in [-0.2, 0) is 16.4 Å². The first kappa shape index (κ1) is 15.3. The van der Waals surface area contributed by atoms with Gasteiger partial charge in [0.15, 0.2) is 0 Å². The summed E-state index contributed by atoms with van der Waals surface area (Å²) in [5, 5.41) is 2.69. The number of anilines is 1. The van der Waals surface area contributed by atoms with Crippen LogP contribution >= 0.6 is 0 Å². The minimum Gasteiger partial charge on any atom is -0.380 e. The average Bonchev–Trinajstić information content (AvgIpc) is 2.45. The molecule has 1 aromatic heterocycles. The molecule has 0 saturated heterocycles. The monoisotopic (exact) mass is 316 g/mol. The number of hydrogen-bond acceptors (Lipinski definition) is 4. The number of aromatic nitrogens is 1. The van der Waals surface area contributed by atoms with E-state index >= 15 is 0 Å². The number of rotatable bonds is 4. The van der Waals surface area contributed by atoms with Crippen molar-refractivity contribution in [3.05, 3.63) is 54.4 Å². The SMILES string of the molecule is O=S(=O)(c1ccccc1NCc1cccnc1)C(F)(F)F. The number of pyridine rings is 1. The van der Waals surface area contributed by atoms with E-state index in [-0.39, 0.29) is 12.2 Å². The standard InChI is InChI=1S/C13H11F3N2O2S/c14-13(15,16)21(19,20)12-6-2-1-5-11(12)18-9-10-4-3-7-17-8-10/h1-8,18H,9H2. The summed E-state index contributed by atoms with van der Waals surface area (Å²) in [5.74, 6) is 0. The van der Waals surface area contributed by atoms with Crippen LogP contribution in [0.3, 0.4) is 0 Å². The summed E-state index contributed by atoms with van der Waals surface area (Å²) >= 11 is 0. The molecule has 0 amide bonds. The fourth-order valence-corrected chi connectivity index (χ4v) is 2.61. The van der Waals surface area contributed by atoms with Gasteiger partial charge in [0.05, 0.1) is 10.6 Å². The van der Waals surface area contributed by atoms with Crippen LogP contribution in [0.15, 0.2) is 53.7 Å². The second kappa shape index (κ2) is 5.72. The lowest BCUT2D eigenvalue weighted by atomic mass is 10.2. The highest BCUT2D eigenvalue weighted by Gasteiger charge is 2.47. The topological polar surface area (TPSA) is 59.1 Å². The first-order valence-corrected chi connectivity index (χ1v) is 7.34. The molecule has 0 aliphatic rings. The van der Waals surface area contributed by atoms with Gasteiger partial charge in [-0.1, -0.05) is 18.2 Å². The zero-order valence-corrected chi connectivity index (χ0v) is 11.4. The van der Waals surface area contributed by atoms with Crippen LogP contribution in [0.25, 0.3) is 0 Å². The Bertz CT molecular complexity index is 716. The predicted octanol–water partition coefficient (Wildman–Crippen LogP) is 2.99. The molecule has 21 heavy (non-hydrogen) atoms. The summed E-state index contributed by atoms with van der Waals surface area (Å²) in [6.45, 7) is 0.165. The van der Waals surface area contributed by atoms with Crippen LogP contribution in [0.5, 0.6) is 0 Å².